The van der Waals surface area contributed by atoms with E-state index < -0.39 is 12.2 Å². The Labute approximate surface area is 281 Å². The second-order valence-electron chi connectivity index (χ2n) is 12.1. The van der Waals surface area contributed by atoms with Crippen LogP contribution in [0.3, 0.4) is 0 Å². The molecule has 6 nitrogen and oxygen atoms in total. The highest BCUT2D eigenvalue weighted by Crippen LogP contribution is 2.15. The molecular formula is C40H66O6. The Hall–Kier alpha value is -2.70. The van der Waals surface area contributed by atoms with Crippen molar-refractivity contribution < 1.29 is 29.3 Å². The Balaban J connectivity index is 3.70. The van der Waals surface area contributed by atoms with E-state index in [4.69, 9.17) is 9.47 Å². The van der Waals surface area contributed by atoms with Crippen molar-refractivity contribution in [2.24, 2.45) is 5.92 Å². The Morgan fingerprint density at radius 1 is 0.630 bits per heavy atom. The van der Waals surface area contributed by atoms with Gasteiger partial charge in [-0.1, -0.05) is 151 Å². The highest BCUT2D eigenvalue weighted by atomic mass is 16.6. The van der Waals surface area contributed by atoms with Crippen LogP contribution >= 0.6 is 0 Å². The number of hydrogen-bond acceptors (Lipinski definition) is 6. The first-order valence-corrected chi connectivity index (χ1v) is 18.0. The van der Waals surface area contributed by atoms with Gasteiger partial charge in [-0.3, -0.25) is 9.59 Å². The van der Waals surface area contributed by atoms with Crippen molar-refractivity contribution in [1.82, 2.24) is 0 Å². The van der Waals surface area contributed by atoms with Crippen molar-refractivity contribution in [3.8, 4) is 0 Å². The molecule has 0 amide bonds. The number of hydrogen-bond donors (Lipinski definition) is 2. The van der Waals surface area contributed by atoms with Crippen LogP contribution in [0.4, 0.5) is 0 Å². The lowest BCUT2D eigenvalue weighted by molar-refractivity contribution is -0.152. The number of ether oxygens (including phenoxy) is 2. The summed E-state index contributed by atoms with van der Waals surface area (Å²) < 4.78 is 10.2. The van der Waals surface area contributed by atoms with Gasteiger partial charge in [-0.15, -0.1) is 0 Å². The summed E-state index contributed by atoms with van der Waals surface area (Å²) in [6.07, 6.45) is 39.9. The molecule has 0 aromatic rings. The van der Waals surface area contributed by atoms with Gasteiger partial charge in [-0.05, 0) is 50.9 Å². The lowest BCUT2D eigenvalue weighted by Crippen LogP contribution is -2.25. The highest BCUT2D eigenvalue weighted by molar-refractivity contribution is 5.70. The zero-order chi connectivity index (χ0) is 33.9. The third-order valence-corrected chi connectivity index (χ3v) is 7.59. The zero-order valence-electron chi connectivity index (χ0n) is 29.3. The zero-order valence-corrected chi connectivity index (χ0v) is 29.3. The molecule has 0 saturated carbocycles. The van der Waals surface area contributed by atoms with Gasteiger partial charge < -0.3 is 19.7 Å². The molecule has 0 fully saturated rings. The summed E-state index contributed by atoms with van der Waals surface area (Å²) in [5.74, 6) is 0.151. The molecule has 0 aliphatic heterocycles. The van der Waals surface area contributed by atoms with Gasteiger partial charge in [0.15, 0.2) is 0 Å². The molecule has 2 N–H and O–H groups in total. The van der Waals surface area contributed by atoms with Crippen molar-refractivity contribution in [2.45, 2.75) is 149 Å². The molecule has 0 bridgehead atoms. The van der Waals surface area contributed by atoms with Gasteiger partial charge in [-0.2, -0.15) is 0 Å². The van der Waals surface area contributed by atoms with Gasteiger partial charge in [0, 0.05) is 12.8 Å². The molecule has 0 spiro atoms. The van der Waals surface area contributed by atoms with E-state index in [1.54, 1.807) is 6.08 Å². The first kappa shape index (κ1) is 43.3. The largest absolute Gasteiger partial charge is 0.463 e. The molecule has 2 unspecified atom stereocenters. The summed E-state index contributed by atoms with van der Waals surface area (Å²) >= 11 is 0. The predicted molar refractivity (Wildman–Crippen MR) is 192 cm³/mol. The van der Waals surface area contributed by atoms with Crippen LogP contribution in [0.25, 0.3) is 0 Å². The second kappa shape index (κ2) is 33.7. The lowest BCUT2D eigenvalue weighted by Gasteiger charge is -2.12. The van der Waals surface area contributed by atoms with Crippen LogP contribution in [-0.4, -0.2) is 47.6 Å². The van der Waals surface area contributed by atoms with Crippen molar-refractivity contribution in [2.75, 3.05) is 13.2 Å². The third-order valence-electron chi connectivity index (χ3n) is 7.59. The van der Waals surface area contributed by atoms with Crippen LogP contribution in [0.15, 0.2) is 72.9 Å². The number of rotatable bonds is 30. The Kier molecular flexibility index (Phi) is 31.7. The van der Waals surface area contributed by atoms with Crippen molar-refractivity contribution in [3.63, 3.8) is 0 Å². The molecule has 0 aromatic heterocycles. The fourth-order valence-corrected chi connectivity index (χ4v) is 4.46. The van der Waals surface area contributed by atoms with Gasteiger partial charge in [0.25, 0.3) is 0 Å². The van der Waals surface area contributed by atoms with E-state index in [2.05, 4.69) is 51.2 Å². The van der Waals surface area contributed by atoms with Gasteiger partial charge in [0.2, 0.25) is 0 Å². The summed E-state index contributed by atoms with van der Waals surface area (Å²) in [6.45, 7) is 6.36. The Morgan fingerprint density at radius 2 is 1.17 bits per heavy atom. The van der Waals surface area contributed by atoms with Crippen LogP contribution in [0.5, 0.6) is 0 Å². The summed E-state index contributed by atoms with van der Waals surface area (Å²) in [6, 6.07) is 0. The minimum atomic E-state index is -1.01. The number of esters is 2. The number of allylic oxidation sites excluding steroid dienone is 10. The molecule has 0 saturated heterocycles. The fourth-order valence-electron chi connectivity index (χ4n) is 4.46. The van der Waals surface area contributed by atoms with E-state index in [0.29, 0.717) is 19.3 Å². The first-order valence-electron chi connectivity index (χ1n) is 18.0. The number of carbonyl (C=O) groups excluding carboxylic acids is 2. The number of aliphatic hydroxyl groups is 2. The van der Waals surface area contributed by atoms with E-state index in [1.165, 1.54) is 44.9 Å². The molecule has 0 aliphatic carbocycles. The molecule has 6 heteroatoms. The SMILES string of the molecule is CC/C=C\C/C=C\CC(O)/C=C/C=C\C/C=C\C/C=C\CCC(=O)OC[C@H](O)COC(=O)CCCCCCCCCCC(C)CC. The van der Waals surface area contributed by atoms with Crippen molar-refractivity contribution >= 4 is 11.9 Å². The van der Waals surface area contributed by atoms with Crippen LogP contribution in [0.2, 0.25) is 0 Å². The van der Waals surface area contributed by atoms with Crippen LogP contribution < -0.4 is 0 Å². The van der Waals surface area contributed by atoms with Crippen LogP contribution in [0, 0.1) is 5.92 Å². The Bertz CT molecular complexity index is 897. The summed E-state index contributed by atoms with van der Waals surface area (Å²) in [4.78, 5) is 23.8. The maximum atomic E-state index is 11.9. The molecule has 262 valence electrons. The minimum absolute atomic E-state index is 0.155. The van der Waals surface area contributed by atoms with Gasteiger partial charge in [0.1, 0.15) is 19.3 Å². The lowest BCUT2D eigenvalue weighted by atomic mass is 9.99. The van der Waals surface area contributed by atoms with E-state index in [1.807, 2.05) is 36.5 Å². The molecule has 0 rings (SSSR count). The standard InChI is InChI=1S/C40H66O6/c1-4-6-7-8-20-25-30-37(41)31-26-21-16-11-9-10-12-17-22-27-32-39(43)45-34-38(42)35-46-40(44)33-28-23-18-14-13-15-19-24-29-36(3)5-2/h6-7,9-10,16-17,20-22,25-26,31,36-38,41-42H,4-5,8,11-15,18-19,23-24,27-30,32-35H2,1-3H3/b7-6-,10-9-,21-16-,22-17-,25-20-,31-26+/t36?,37?,38-/m0/s1. The monoisotopic (exact) mass is 642 g/mol. The second-order valence-corrected chi connectivity index (χ2v) is 12.1. The van der Waals surface area contributed by atoms with Crippen molar-refractivity contribution in [3.05, 3.63) is 72.9 Å². The number of carbonyl (C=O) groups is 2. The normalized spacial score (nSPS) is 14.5. The molecule has 0 radical (unpaired) electrons. The summed E-state index contributed by atoms with van der Waals surface area (Å²) in [5, 5.41) is 19.9. The summed E-state index contributed by atoms with van der Waals surface area (Å²) in [7, 11) is 0. The smallest absolute Gasteiger partial charge is 0.306 e. The van der Waals surface area contributed by atoms with Gasteiger partial charge in [-0.25, -0.2) is 0 Å². The van der Waals surface area contributed by atoms with Crippen LogP contribution in [-0.2, 0) is 19.1 Å². The topological polar surface area (TPSA) is 93.1 Å². The molecule has 0 heterocycles. The minimum Gasteiger partial charge on any atom is -0.463 e. The predicted octanol–water partition coefficient (Wildman–Crippen LogP) is 9.83. The molecule has 3 atom stereocenters. The third kappa shape index (κ3) is 32.7. The Morgan fingerprint density at radius 3 is 1.83 bits per heavy atom. The molecule has 0 aliphatic rings. The van der Waals surface area contributed by atoms with E-state index in [9.17, 15) is 19.8 Å². The first-order chi connectivity index (χ1) is 22.4. The van der Waals surface area contributed by atoms with E-state index in [0.717, 1.165) is 50.9 Å². The maximum Gasteiger partial charge on any atom is 0.306 e. The van der Waals surface area contributed by atoms with Gasteiger partial charge in [0.05, 0.1) is 6.10 Å². The molecule has 46 heavy (non-hydrogen) atoms. The quantitative estimate of drug-likeness (QED) is 0.0351. The highest BCUT2D eigenvalue weighted by Gasteiger charge is 2.11. The average molecular weight is 643 g/mol. The summed E-state index contributed by atoms with van der Waals surface area (Å²) in [5.41, 5.74) is 0. The number of unbranched alkanes of at least 4 members (excludes halogenated alkanes) is 7. The maximum absolute atomic E-state index is 11.9. The van der Waals surface area contributed by atoms with Gasteiger partial charge >= 0.3 is 11.9 Å². The van der Waals surface area contributed by atoms with E-state index in [-0.39, 0.29) is 31.6 Å². The molecule has 0 aromatic carbocycles. The molecular weight excluding hydrogens is 576 g/mol. The van der Waals surface area contributed by atoms with Crippen molar-refractivity contribution in [1.29, 1.82) is 0 Å². The van der Waals surface area contributed by atoms with E-state index >= 15 is 0 Å². The van der Waals surface area contributed by atoms with Crippen LogP contribution in [0.1, 0.15) is 136 Å². The number of aliphatic hydroxyl groups excluding tert-OH is 2. The fraction of sp³-hybridized carbons (Fsp3) is 0.650. The average Bonchev–Trinajstić information content (AvgIpc) is 3.05.